The number of benzene rings is 2. The van der Waals surface area contributed by atoms with E-state index in [1.807, 2.05) is 0 Å². The first kappa shape index (κ1) is 9.18. The third-order valence-corrected chi connectivity index (χ3v) is 4.75. The molecule has 2 rings (SSSR count). The van der Waals surface area contributed by atoms with Crippen LogP contribution in [0.3, 0.4) is 0 Å². The molecule has 62 valence electrons. The Morgan fingerprint density at radius 1 is 1.00 bits per heavy atom. The van der Waals surface area contributed by atoms with Crippen LogP contribution in [0.4, 0.5) is 0 Å². The van der Waals surface area contributed by atoms with Crippen LogP contribution >= 0.6 is 9.69 Å². The van der Waals surface area contributed by atoms with Crippen LogP contribution in [0, 0.1) is 0 Å². The van der Waals surface area contributed by atoms with Crippen LogP contribution in [0.15, 0.2) is 42.5 Å². The Balaban J connectivity index is 2.61. The minimum atomic E-state index is -0.781. The fourth-order valence-electron chi connectivity index (χ4n) is 1.61. The second kappa shape index (κ2) is 4.22. The van der Waals surface area contributed by atoms with Gasteiger partial charge in [0.25, 0.3) is 0 Å². The molecular weight excluding hydrogens is 233 g/mol. The molecule has 0 nitrogen and oxygen atoms in total. The Hall–Kier alpha value is -0.387. The Bertz CT molecular complexity index is 406. The van der Waals surface area contributed by atoms with Crippen LogP contribution < -0.4 is 0 Å². The van der Waals surface area contributed by atoms with E-state index >= 15 is 0 Å². The van der Waals surface area contributed by atoms with Gasteiger partial charge in [-0.3, -0.25) is 0 Å². The molecule has 0 aliphatic carbocycles. The molecule has 0 saturated carbocycles. The van der Waals surface area contributed by atoms with E-state index in [4.69, 9.17) is 9.69 Å². The molecule has 13 heavy (non-hydrogen) atoms. The van der Waals surface area contributed by atoms with Crippen molar-refractivity contribution >= 4 is 20.5 Å². The van der Waals surface area contributed by atoms with Gasteiger partial charge in [-0.15, -0.1) is 0 Å². The average molecular weight is 242 g/mol. The zero-order valence-electron chi connectivity index (χ0n) is 7.33. The van der Waals surface area contributed by atoms with Crippen LogP contribution in [-0.2, 0) is 21.2 Å². The Morgan fingerprint density at radius 2 is 1.77 bits per heavy atom. The average Bonchev–Trinajstić information content (AvgIpc) is 2.19. The fourth-order valence-corrected chi connectivity index (χ4v) is 4.01. The van der Waals surface area contributed by atoms with Crippen molar-refractivity contribution in [2.75, 3.05) is 0 Å². The summed E-state index contributed by atoms with van der Waals surface area (Å²) in [6, 6.07) is 15.0. The molecule has 2 heteroatoms. The zero-order valence-corrected chi connectivity index (χ0v) is 11.1. The van der Waals surface area contributed by atoms with Gasteiger partial charge < -0.3 is 0 Å². The number of hydrogen-bond donors (Lipinski definition) is 0. The Morgan fingerprint density at radius 3 is 2.62 bits per heavy atom. The van der Waals surface area contributed by atoms with Crippen molar-refractivity contribution in [3.8, 4) is 0 Å². The molecule has 0 N–H and O–H groups in total. The van der Waals surface area contributed by atoms with Gasteiger partial charge in [0.15, 0.2) is 0 Å². The quantitative estimate of drug-likeness (QED) is 0.706. The van der Waals surface area contributed by atoms with Crippen molar-refractivity contribution in [2.45, 2.75) is 5.02 Å². The van der Waals surface area contributed by atoms with E-state index in [1.165, 1.54) is 16.3 Å². The summed E-state index contributed by atoms with van der Waals surface area (Å²) in [7, 11) is 5.92. The van der Waals surface area contributed by atoms with Gasteiger partial charge >= 0.3 is 89.6 Å². The van der Waals surface area contributed by atoms with E-state index in [0.29, 0.717) is 0 Å². The van der Waals surface area contributed by atoms with Crippen LogP contribution in [-0.4, -0.2) is 0 Å². The first-order chi connectivity index (χ1) is 6.42. The van der Waals surface area contributed by atoms with Gasteiger partial charge in [0.05, 0.1) is 0 Å². The van der Waals surface area contributed by atoms with E-state index in [2.05, 4.69) is 42.5 Å². The van der Waals surface area contributed by atoms with Gasteiger partial charge in [-0.25, -0.2) is 0 Å². The van der Waals surface area contributed by atoms with Gasteiger partial charge in [-0.2, -0.15) is 0 Å². The maximum atomic E-state index is 5.92. The van der Waals surface area contributed by atoms with E-state index in [-0.39, 0.29) is 0 Å². The SMILES string of the molecule is [Cl][Zn][CH2]c1cccc2ccccc12. The molecule has 0 spiro atoms. The molecule has 0 saturated heterocycles. The molecule has 2 aromatic rings. The zero-order chi connectivity index (χ0) is 9.10. The van der Waals surface area contributed by atoms with E-state index in [9.17, 15) is 0 Å². The summed E-state index contributed by atoms with van der Waals surface area (Å²) in [5.41, 5.74) is 1.42. The molecule has 0 fully saturated rings. The number of halogens is 1. The summed E-state index contributed by atoms with van der Waals surface area (Å²) in [5, 5.41) is 3.83. The first-order valence-electron chi connectivity index (χ1n) is 4.44. The van der Waals surface area contributed by atoms with Gasteiger partial charge in [-0.1, -0.05) is 0 Å². The van der Waals surface area contributed by atoms with Crippen LogP contribution in [0.2, 0.25) is 0 Å². The summed E-state index contributed by atoms with van der Waals surface area (Å²) in [6.45, 7) is 0. The molecular formula is C11H9ClZn. The summed E-state index contributed by atoms with van der Waals surface area (Å²) >= 11 is -0.781. The van der Waals surface area contributed by atoms with Gasteiger partial charge in [0.1, 0.15) is 0 Å². The monoisotopic (exact) mass is 240 g/mol. The van der Waals surface area contributed by atoms with Crippen molar-refractivity contribution in [3.05, 3.63) is 48.0 Å². The molecule has 0 radical (unpaired) electrons. The van der Waals surface area contributed by atoms with Crippen molar-refractivity contribution in [1.29, 1.82) is 0 Å². The predicted molar refractivity (Wildman–Crippen MR) is 53.5 cm³/mol. The summed E-state index contributed by atoms with van der Waals surface area (Å²) in [4.78, 5) is 0. The summed E-state index contributed by atoms with van der Waals surface area (Å²) < 4.78 is 0. The number of hydrogen-bond acceptors (Lipinski definition) is 0. The first-order valence-corrected chi connectivity index (χ1v) is 10.4. The molecule has 0 aliphatic rings. The molecule has 0 atom stereocenters. The normalized spacial score (nSPS) is 9.92. The molecule has 0 heterocycles. The van der Waals surface area contributed by atoms with Crippen molar-refractivity contribution < 1.29 is 16.1 Å². The summed E-state index contributed by atoms with van der Waals surface area (Å²) in [5.74, 6) is 0. The van der Waals surface area contributed by atoms with Crippen LogP contribution in [0.25, 0.3) is 10.8 Å². The number of rotatable bonds is 2. The Labute approximate surface area is 89.5 Å². The van der Waals surface area contributed by atoms with Gasteiger partial charge in [0, 0.05) is 0 Å². The Kier molecular flexibility index (Phi) is 2.98. The molecule has 2 aromatic carbocycles. The van der Waals surface area contributed by atoms with Crippen molar-refractivity contribution in [3.63, 3.8) is 0 Å². The molecule has 0 bridgehead atoms. The molecule has 0 unspecified atom stereocenters. The third kappa shape index (κ3) is 1.92. The third-order valence-electron chi connectivity index (χ3n) is 2.24. The van der Waals surface area contributed by atoms with E-state index in [1.54, 1.807) is 0 Å². The molecule has 0 aromatic heterocycles. The standard InChI is InChI=1S/C11H9.ClH.Zn/c1-9-5-4-7-10-6-2-3-8-11(9)10;;/h2-8H,1H2;1H;/q;;+1/p-1. The van der Waals surface area contributed by atoms with Crippen LogP contribution in [0.1, 0.15) is 5.56 Å². The summed E-state index contributed by atoms with van der Waals surface area (Å²) in [6.07, 6.45) is 0. The van der Waals surface area contributed by atoms with Gasteiger partial charge in [-0.05, 0) is 0 Å². The second-order valence-electron chi connectivity index (χ2n) is 3.08. The second-order valence-corrected chi connectivity index (χ2v) is 6.88. The van der Waals surface area contributed by atoms with Crippen molar-refractivity contribution in [2.24, 2.45) is 0 Å². The maximum absolute atomic E-state index is 5.92. The fraction of sp³-hybridized carbons (Fsp3) is 0.0909. The molecule has 0 aliphatic heterocycles. The van der Waals surface area contributed by atoms with Crippen LogP contribution in [0.5, 0.6) is 0 Å². The topological polar surface area (TPSA) is 0 Å². The predicted octanol–water partition coefficient (Wildman–Crippen LogP) is 3.58. The van der Waals surface area contributed by atoms with Gasteiger partial charge in [0.2, 0.25) is 0 Å². The van der Waals surface area contributed by atoms with Crippen molar-refractivity contribution in [1.82, 2.24) is 0 Å². The number of fused-ring (bicyclic) bond motifs is 1. The van der Waals surface area contributed by atoms with E-state index in [0.717, 1.165) is 5.02 Å². The van der Waals surface area contributed by atoms with E-state index < -0.39 is 16.1 Å². The molecule has 0 amide bonds. The minimum absolute atomic E-state index is 0.781.